The first-order valence-corrected chi connectivity index (χ1v) is 8.88. The van der Waals surface area contributed by atoms with Gasteiger partial charge in [0.25, 0.3) is 0 Å². The molecule has 0 aliphatic carbocycles. The van der Waals surface area contributed by atoms with E-state index in [9.17, 15) is 16.8 Å². The van der Waals surface area contributed by atoms with Gasteiger partial charge in [-0.15, -0.1) is 0 Å². The Morgan fingerprint density at radius 3 is 2.16 bits per heavy atom. The van der Waals surface area contributed by atoms with Gasteiger partial charge < -0.3 is 5.32 Å². The fourth-order valence-electron chi connectivity index (χ4n) is 1.41. The van der Waals surface area contributed by atoms with Crippen molar-refractivity contribution < 1.29 is 16.8 Å². The van der Waals surface area contributed by atoms with Gasteiger partial charge in [0.2, 0.25) is 16.0 Å². The van der Waals surface area contributed by atoms with Crippen molar-refractivity contribution in [3.05, 3.63) is 12.4 Å². The molecular formula is C9H16N4O4S2. The van der Waals surface area contributed by atoms with Crippen molar-refractivity contribution in [1.82, 2.24) is 14.7 Å². The van der Waals surface area contributed by atoms with Gasteiger partial charge in [-0.05, 0) is 6.92 Å². The Labute approximate surface area is 112 Å². The summed E-state index contributed by atoms with van der Waals surface area (Å²) in [6.45, 7) is 1.47. The molecule has 0 saturated heterocycles. The molecule has 0 radical (unpaired) electrons. The number of sulfone groups is 1. The molecule has 0 aliphatic heterocycles. The highest BCUT2D eigenvalue weighted by Gasteiger charge is 2.20. The average molecular weight is 308 g/mol. The summed E-state index contributed by atoms with van der Waals surface area (Å²) in [5.41, 5.74) is 0. The third-order valence-electron chi connectivity index (χ3n) is 2.07. The van der Waals surface area contributed by atoms with Crippen LogP contribution in [-0.2, 0) is 19.9 Å². The summed E-state index contributed by atoms with van der Waals surface area (Å²) in [5, 5.41) is 2.66. The van der Waals surface area contributed by atoms with Crippen LogP contribution in [0.25, 0.3) is 0 Å². The molecule has 1 atom stereocenters. The number of aromatic nitrogens is 2. The largest absolute Gasteiger partial charge is 0.357 e. The predicted octanol–water partition coefficient (Wildman–Crippen LogP) is -0.770. The van der Waals surface area contributed by atoms with Crippen LogP contribution in [-0.4, -0.2) is 51.9 Å². The summed E-state index contributed by atoms with van der Waals surface area (Å²) in [4.78, 5) is 7.45. The molecule has 0 fully saturated rings. The van der Waals surface area contributed by atoms with E-state index in [2.05, 4.69) is 20.0 Å². The quantitative estimate of drug-likeness (QED) is 0.708. The van der Waals surface area contributed by atoms with Crippen LogP contribution in [0.5, 0.6) is 0 Å². The number of nitrogens with one attached hydrogen (secondary N) is 2. The summed E-state index contributed by atoms with van der Waals surface area (Å²) in [6, 6.07) is -0.732. The standard InChI is InChI=1S/C9H16N4O4S2/c1-7(6-18(3,14)15)13-19(16,17)8-4-11-9(10-2)12-5-8/h4-5,7,13H,6H2,1-3H3,(H,10,11,12). The van der Waals surface area contributed by atoms with Crippen molar-refractivity contribution in [3.8, 4) is 0 Å². The predicted molar refractivity (Wildman–Crippen MR) is 71.1 cm³/mol. The van der Waals surface area contributed by atoms with Crippen LogP contribution in [0.1, 0.15) is 6.92 Å². The summed E-state index contributed by atoms with van der Waals surface area (Å²) in [5.74, 6) is 0.0185. The Morgan fingerprint density at radius 1 is 1.21 bits per heavy atom. The van der Waals surface area contributed by atoms with E-state index >= 15 is 0 Å². The first-order valence-electron chi connectivity index (χ1n) is 5.34. The number of hydrogen-bond acceptors (Lipinski definition) is 7. The van der Waals surface area contributed by atoms with Crippen molar-refractivity contribution in [2.24, 2.45) is 0 Å². The molecule has 19 heavy (non-hydrogen) atoms. The van der Waals surface area contributed by atoms with E-state index in [0.717, 1.165) is 18.6 Å². The van der Waals surface area contributed by atoms with Crippen molar-refractivity contribution in [2.45, 2.75) is 17.9 Å². The Morgan fingerprint density at radius 2 is 1.74 bits per heavy atom. The highest BCUT2D eigenvalue weighted by molar-refractivity contribution is 7.91. The van der Waals surface area contributed by atoms with Gasteiger partial charge in [0.15, 0.2) is 0 Å². The zero-order valence-corrected chi connectivity index (χ0v) is 12.4. The lowest BCUT2D eigenvalue weighted by atomic mass is 10.4. The van der Waals surface area contributed by atoms with Gasteiger partial charge in [0.1, 0.15) is 14.7 Å². The lowest BCUT2D eigenvalue weighted by Crippen LogP contribution is -2.37. The topological polar surface area (TPSA) is 118 Å². The highest BCUT2D eigenvalue weighted by atomic mass is 32.2. The molecule has 2 N–H and O–H groups in total. The maximum atomic E-state index is 11.9. The number of anilines is 1. The smallest absolute Gasteiger partial charge is 0.243 e. The lowest BCUT2D eigenvalue weighted by Gasteiger charge is -2.12. The van der Waals surface area contributed by atoms with E-state index in [1.807, 2.05) is 0 Å². The molecule has 0 saturated carbocycles. The molecule has 0 spiro atoms. The van der Waals surface area contributed by atoms with E-state index < -0.39 is 25.9 Å². The SMILES string of the molecule is CNc1ncc(S(=O)(=O)NC(C)CS(C)(=O)=O)cn1. The number of sulfonamides is 1. The lowest BCUT2D eigenvalue weighted by molar-refractivity contribution is 0.564. The number of hydrogen-bond donors (Lipinski definition) is 2. The minimum atomic E-state index is -3.82. The van der Waals surface area contributed by atoms with E-state index in [0.29, 0.717) is 5.95 Å². The zero-order chi connectivity index (χ0) is 14.7. The normalized spacial score (nSPS) is 14.1. The first kappa shape index (κ1) is 15.8. The molecule has 0 aromatic carbocycles. The highest BCUT2D eigenvalue weighted by Crippen LogP contribution is 2.08. The van der Waals surface area contributed by atoms with Crippen LogP contribution in [0.4, 0.5) is 5.95 Å². The monoisotopic (exact) mass is 308 g/mol. The third kappa shape index (κ3) is 5.09. The van der Waals surface area contributed by atoms with Gasteiger partial charge in [-0.2, -0.15) is 0 Å². The minimum Gasteiger partial charge on any atom is -0.357 e. The van der Waals surface area contributed by atoms with Crippen LogP contribution >= 0.6 is 0 Å². The van der Waals surface area contributed by atoms with Gasteiger partial charge in [-0.25, -0.2) is 31.5 Å². The first-order chi connectivity index (χ1) is 8.64. The molecule has 0 bridgehead atoms. The Kier molecular flexibility index (Phi) is 4.82. The van der Waals surface area contributed by atoms with Gasteiger partial charge >= 0.3 is 0 Å². The maximum Gasteiger partial charge on any atom is 0.243 e. The fraction of sp³-hybridized carbons (Fsp3) is 0.556. The molecule has 8 nitrogen and oxygen atoms in total. The molecule has 108 valence electrons. The summed E-state index contributed by atoms with van der Waals surface area (Å²) >= 11 is 0. The van der Waals surface area contributed by atoms with E-state index in [1.54, 1.807) is 7.05 Å². The van der Waals surface area contributed by atoms with Gasteiger partial charge in [-0.1, -0.05) is 0 Å². The van der Waals surface area contributed by atoms with E-state index in [-0.39, 0.29) is 10.6 Å². The van der Waals surface area contributed by atoms with Crippen LogP contribution in [0, 0.1) is 0 Å². The zero-order valence-electron chi connectivity index (χ0n) is 10.8. The molecule has 1 rings (SSSR count). The molecule has 10 heteroatoms. The van der Waals surface area contributed by atoms with Crippen LogP contribution < -0.4 is 10.0 Å². The maximum absolute atomic E-state index is 11.9. The second-order valence-electron chi connectivity index (χ2n) is 4.11. The van der Waals surface area contributed by atoms with Crippen molar-refractivity contribution in [1.29, 1.82) is 0 Å². The number of rotatable bonds is 6. The second-order valence-corrected chi connectivity index (χ2v) is 8.01. The third-order valence-corrected chi connectivity index (χ3v) is 4.72. The van der Waals surface area contributed by atoms with Crippen LogP contribution in [0.15, 0.2) is 17.3 Å². The molecule has 1 aromatic heterocycles. The second kappa shape index (κ2) is 5.80. The summed E-state index contributed by atoms with van der Waals surface area (Å²) in [6.07, 6.45) is 3.34. The van der Waals surface area contributed by atoms with Crippen molar-refractivity contribution >= 4 is 25.8 Å². The Bertz CT molecular complexity index is 625. The van der Waals surface area contributed by atoms with Crippen LogP contribution in [0.3, 0.4) is 0 Å². The van der Waals surface area contributed by atoms with E-state index in [1.165, 1.54) is 6.92 Å². The van der Waals surface area contributed by atoms with Crippen molar-refractivity contribution in [2.75, 3.05) is 24.4 Å². The molecule has 1 unspecified atom stereocenters. The summed E-state index contributed by atoms with van der Waals surface area (Å²) < 4.78 is 48.3. The number of nitrogens with zero attached hydrogens (tertiary/aromatic N) is 2. The Balaban J connectivity index is 2.86. The van der Waals surface area contributed by atoms with Crippen LogP contribution in [0.2, 0.25) is 0 Å². The Hall–Kier alpha value is -1.26. The molecule has 1 aromatic rings. The minimum absolute atomic E-state index is 0.119. The fourth-order valence-corrected chi connectivity index (χ4v) is 3.63. The molecule has 1 heterocycles. The molecule has 0 amide bonds. The van der Waals surface area contributed by atoms with Crippen molar-refractivity contribution in [3.63, 3.8) is 0 Å². The molecule has 0 aliphatic rings. The average Bonchev–Trinajstić information content (AvgIpc) is 2.25. The molecular weight excluding hydrogens is 292 g/mol. The van der Waals surface area contributed by atoms with Gasteiger partial charge in [0, 0.05) is 19.3 Å². The summed E-state index contributed by atoms with van der Waals surface area (Å²) in [7, 11) is -5.47. The van der Waals surface area contributed by atoms with Gasteiger partial charge in [0.05, 0.1) is 18.1 Å². The van der Waals surface area contributed by atoms with Gasteiger partial charge in [-0.3, -0.25) is 0 Å². The van der Waals surface area contributed by atoms with E-state index in [4.69, 9.17) is 0 Å².